The number of fused-ring (bicyclic) bond motifs is 1. The van der Waals surface area contributed by atoms with Gasteiger partial charge in [0.2, 0.25) is 5.95 Å². The standard InChI is InChI=1S/C25H24Cl2N6O4/c1-4-37-23(35)15-11-14(15)18-6-5-7-19(28-18)29-24-30-21-20(31(24)2)22(34)33(25(36)32(21)3)12-13-8-9-16(26)17(27)10-13/h5-10,14-15H,4,11-12H2,1-3H3,(H,28,29,30)/t14-,15-/m1/s1. The molecule has 192 valence electrons. The van der Waals surface area contributed by atoms with Crippen molar-refractivity contribution in [3.63, 3.8) is 0 Å². The zero-order valence-electron chi connectivity index (χ0n) is 20.4. The second-order valence-electron chi connectivity index (χ2n) is 8.92. The molecule has 0 aliphatic heterocycles. The summed E-state index contributed by atoms with van der Waals surface area (Å²) >= 11 is 12.1. The maximum absolute atomic E-state index is 13.4. The van der Waals surface area contributed by atoms with Crippen molar-refractivity contribution in [2.75, 3.05) is 11.9 Å². The topological polar surface area (TPSA) is 113 Å². The van der Waals surface area contributed by atoms with Gasteiger partial charge in [-0.05, 0) is 43.2 Å². The van der Waals surface area contributed by atoms with E-state index in [9.17, 15) is 14.4 Å². The van der Waals surface area contributed by atoms with Crippen molar-refractivity contribution in [1.29, 1.82) is 0 Å². The second-order valence-corrected chi connectivity index (χ2v) is 9.74. The number of carbonyl (C=O) groups is 1. The fourth-order valence-corrected chi connectivity index (χ4v) is 4.71. The summed E-state index contributed by atoms with van der Waals surface area (Å²) in [5, 5.41) is 3.87. The molecule has 0 spiro atoms. The molecule has 0 bridgehead atoms. The predicted octanol–water partition coefficient (Wildman–Crippen LogP) is 3.59. The number of carbonyl (C=O) groups excluding carboxylic acids is 1. The first-order chi connectivity index (χ1) is 17.7. The lowest BCUT2D eigenvalue weighted by Gasteiger charge is -2.09. The molecule has 1 aliphatic rings. The minimum atomic E-state index is -0.507. The molecule has 1 saturated carbocycles. The fourth-order valence-electron chi connectivity index (χ4n) is 4.39. The van der Waals surface area contributed by atoms with Crippen LogP contribution in [-0.2, 0) is 30.2 Å². The number of hydrogen-bond donors (Lipinski definition) is 1. The van der Waals surface area contributed by atoms with Gasteiger partial charge in [0.1, 0.15) is 5.82 Å². The summed E-state index contributed by atoms with van der Waals surface area (Å²) in [6.45, 7) is 2.16. The van der Waals surface area contributed by atoms with Crippen molar-refractivity contribution in [1.82, 2.24) is 23.7 Å². The number of imidazole rings is 1. The quantitative estimate of drug-likeness (QED) is 0.355. The first-order valence-electron chi connectivity index (χ1n) is 11.7. The SMILES string of the molecule is CCOC(=O)[C@@H]1C[C@H]1c1cccc(Nc2nc3c(c(=O)n(Cc4ccc(Cl)c(Cl)c4)c(=O)n3C)n2C)n1. The van der Waals surface area contributed by atoms with E-state index in [4.69, 9.17) is 27.9 Å². The van der Waals surface area contributed by atoms with Gasteiger partial charge < -0.3 is 14.6 Å². The van der Waals surface area contributed by atoms with E-state index in [1.54, 1.807) is 49.9 Å². The molecule has 3 heterocycles. The molecule has 0 saturated heterocycles. The summed E-state index contributed by atoms with van der Waals surface area (Å²) in [7, 11) is 3.25. The number of nitrogens with zero attached hydrogens (tertiary/aromatic N) is 5. The van der Waals surface area contributed by atoms with Crippen molar-refractivity contribution < 1.29 is 9.53 Å². The Balaban J connectivity index is 1.47. The van der Waals surface area contributed by atoms with Gasteiger partial charge in [0.15, 0.2) is 11.2 Å². The Morgan fingerprint density at radius 2 is 1.89 bits per heavy atom. The molecule has 3 aromatic heterocycles. The molecule has 4 aromatic rings. The number of aromatic nitrogens is 5. The summed E-state index contributed by atoms with van der Waals surface area (Å²) in [6, 6.07) is 10.4. The molecule has 0 radical (unpaired) electrons. The normalized spacial score (nSPS) is 16.7. The Bertz CT molecular complexity index is 1660. The molecular formula is C25H24Cl2N6O4. The Labute approximate surface area is 221 Å². The van der Waals surface area contributed by atoms with Gasteiger partial charge >= 0.3 is 11.7 Å². The molecule has 12 heteroatoms. The van der Waals surface area contributed by atoms with Crippen LogP contribution in [0, 0.1) is 5.92 Å². The van der Waals surface area contributed by atoms with Crippen LogP contribution in [-0.4, -0.2) is 36.2 Å². The van der Waals surface area contributed by atoms with Crippen LogP contribution in [0.15, 0.2) is 46.0 Å². The molecule has 0 amide bonds. The number of rotatable bonds is 7. The van der Waals surface area contributed by atoms with Gasteiger partial charge in [0.05, 0.1) is 29.1 Å². The monoisotopic (exact) mass is 542 g/mol. The van der Waals surface area contributed by atoms with Gasteiger partial charge in [-0.3, -0.25) is 18.7 Å². The van der Waals surface area contributed by atoms with E-state index in [0.717, 1.165) is 10.3 Å². The number of nitrogens with one attached hydrogen (secondary N) is 1. The third-order valence-electron chi connectivity index (χ3n) is 6.45. The lowest BCUT2D eigenvalue weighted by molar-refractivity contribution is -0.144. The molecule has 0 unspecified atom stereocenters. The minimum absolute atomic E-state index is 0.00985. The van der Waals surface area contributed by atoms with Crippen molar-refractivity contribution in [3.05, 3.63) is 78.5 Å². The van der Waals surface area contributed by atoms with E-state index in [-0.39, 0.29) is 35.5 Å². The highest BCUT2D eigenvalue weighted by atomic mass is 35.5. The number of pyridine rings is 1. The third kappa shape index (κ3) is 4.62. The van der Waals surface area contributed by atoms with Crippen molar-refractivity contribution in [3.8, 4) is 0 Å². The minimum Gasteiger partial charge on any atom is -0.466 e. The van der Waals surface area contributed by atoms with Gasteiger partial charge in [-0.2, -0.15) is 4.98 Å². The zero-order valence-corrected chi connectivity index (χ0v) is 21.9. The Morgan fingerprint density at radius 1 is 1.11 bits per heavy atom. The summed E-state index contributed by atoms with van der Waals surface area (Å²) < 4.78 is 9.17. The molecule has 1 N–H and O–H groups in total. The summed E-state index contributed by atoms with van der Waals surface area (Å²) in [5.74, 6) is 0.474. The number of ether oxygens (including phenoxy) is 1. The highest BCUT2D eigenvalue weighted by Gasteiger charge is 2.46. The lowest BCUT2D eigenvalue weighted by atomic mass is 10.2. The number of halogens is 2. The van der Waals surface area contributed by atoms with Gasteiger partial charge in [-0.25, -0.2) is 9.78 Å². The molecule has 2 atom stereocenters. The van der Waals surface area contributed by atoms with Crippen molar-refractivity contribution >= 4 is 52.1 Å². The second kappa shape index (κ2) is 9.68. The molecule has 1 aromatic carbocycles. The molecule has 1 fully saturated rings. The van der Waals surface area contributed by atoms with Crippen LogP contribution in [0.1, 0.15) is 30.5 Å². The van der Waals surface area contributed by atoms with Crippen molar-refractivity contribution in [2.45, 2.75) is 25.8 Å². The molecule has 37 heavy (non-hydrogen) atoms. The van der Waals surface area contributed by atoms with E-state index in [0.29, 0.717) is 40.4 Å². The average molecular weight is 543 g/mol. The number of aryl methyl sites for hydroxylation is 2. The Morgan fingerprint density at radius 3 is 2.62 bits per heavy atom. The van der Waals surface area contributed by atoms with E-state index in [2.05, 4.69) is 15.3 Å². The first-order valence-corrected chi connectivity index (χ1v) is 12.5. The molecule has 1 aliphatic carbocycles. The van der Waals surface area contributed by atoms with Crippen LogP contribution in [0.4, 0.5) is 11.8 Å². The van der Waals surface area contributed by atoms with Crippen LogP contribution >= 0.6 is 23.2 Å². The van der Waals surface area contributed by atoms with Gasteiger partial charge in [0.25, 0.3) is 5.56 Å². The largest absolute Gasteiger partial charge is 0.466 e. The molecular weight excluding hydrogens is 519 g/mol. The van der Waals surface area contributed by atoms with Crippen LogP contribution < -0.4 is 16.6 Å². The number of hydrogen-bond acceptors (Lipinski definition) is 7. The number of anilines is 2. The van der Waals surface area contributed by atoms with Crippen LogP contribution in [0.2, 0.25) is 10.0 Å². The van der Waals surface area contributed by atoms with Gasteiger partial charge in [0, 0.05) is 25.7 Å². The van der Waals surface area contributed by atoms with Gasteiger partial charge in [-0.15, -0.1) is 0 Å². The van der Waals surface area contributed by atoms with E-state index < -0.39 is 11.2 Å². The van der Waals surface area contributed by atoms with E-state index >= 15 is 0 Å². The van der Waals surface area contributed by atoms with Crippen LogP contribution in [0.25, 0.3) is 11.2 Å². The highest BCUT2D eigenvalue weighted by Crippen LogP contribution is 2.47. The zero-order chi connectivity index (χ0) is 26.4. The fraction of sp³-hybridized carbons (Fsp3) is 0.320. The maximum atomic E-state index is 13.4. The van der Waals surface area contributed by atoms with Crippen LogP contribution in [0.5, 0.6) is 0 Å². The summed E-state index contributed by atoms with van der Waals surface area (Å²) in [6.07, 6.45) is 0.696. The number of esters is 1. The number of benzene rings is 1. The Hall–Kier alpha value is -3.63. The predicted molar refractivity (Wildman–Crippen MR) is 141 cm³/mol. The van der Waals surface area contributed by atoms with Crippen molar-refractivity contribution in [2.24, 2.45) is 20.0 Å². The third-order valence-corrected chi connectivity index (χ3v) is 7.19. The summed E-state index contributed by atoms with van der Waals surface area (Å²) in [5.41, 5.74) is 0.946. The van der Waals surface area contributed by atoms with Gasteiger partial charge in [-0.1, -0.05) is 35.3 Å². The smallest absolute Gasteiger partial charge is 0.332 e. The molecule has 5 rings (SSSR count). The summed E-state index contributed by atoms with van der Waals surface area (Å²) in [4.78, 5) is 47.6. The Kier molecular flexibility index (Phi) is 6.55. The first kappa shape index (κ1) is 25.0. The van der Waals surface area contributed by atoms with Crippen LogP contribution in [0.3, 0.4) is 0 Å². The highest BCUT2D eigenvalue weighted by molar-refractivity contribution is 6.42. The van der Waals surface area contributed by atoms with E-state index in [1.807, 2.05) is 12.1 Å². The maximum Gasteiger partial charge on any atom is 0.332 e. The molecule has 10 nitrogen and oxygen atoms in total. The average Bonchev–Trinajstić information content (AvgIpc) is 3.62. The van der Waals surface area contributed by atoms with E-state index in [1.165, 1.54) is 4.57 Å². The lowest BCUT2D eigenvalue weighted by Crippen LogP contribution is -2.39.